The molecule has 0 aromatic heterocycles. The van der Waals surface area contributed by atoms with Gasteiger partial charge in [-0.05, 0) is 58.3 Å². The lowest BCUT2D eigenvalue weighted by atomic mass is 9.81. The van der Waals surface area contributed by atoms with Crippen LogP contribution >= 0.6 is 0 Å². The van der Waals surface area contributed by atoms with E-state index < -0.39 is 8.80 Å². The van der Waals surface area contributed by atoms with Crippen LogP contribution in [0, 0.1) is 17.3 Å². The Morgan fingerprint density at radius 1 is 0.875 bits per heavy atom. The summed E-state index contributed by atoms with van der Waals surface area (Å²) >= 11 is 0. The SMILES string of the molecule is CCO[Si](CCCNC(=O)NCC1CCCC(CNC(=O)C(C)(C)C)C1)(OCC)OCC. The van der Waals surface area contributed by atoms with Crippen LogP contribution in [0.2, 0.25) is 6.04 Å². The summed E-state index contributed by atoms with van der Waals surface area (Å²) in [5.74, 6) is 1.04. The number of carbonyl (C=O) groups is 2. The van der Waals surface area contributed by atoms with Crippen molar-refractivity contribution in [1.29, 1.82) is 0 Å². The lowest BCUT2D eigenvalue weighted by molar-refractivity contribution is -0.128. The quantitative estimate of drug-likeness (QED) is 0.264. The van der Waals surface area contributed by atoms with Gasteiger partial charge < -0.3 is 29.2 Å². The number of urea groups is 1. The summed E-state index contributed by atoms with van der Waals surface area (Å²) in [6.45, 7) is 15.3. The molecule has 1 saturated carbocycles. The molecule has 2 unspecified atom stereocenters. The van der Waals surface area contributed by atoms with Gasteiger partial charge in [0.15, 0.2) is 0 Å². The molecular formula is C23H47N3O5Si. The molecule has 3 amide bonds. The number of hydrogen-bond acceptors (Lipinski definition) is 5. The van der Waals surface area contributed by atoms with E-state index in [0.717, 1.165) is 38.6 Å². The van der Waals surface area contributed by atoms with Gasteiger partial charge >= 0.3 is 14.8 Å². The molecule has 8 nitrogen and oxygen atoms in total. The highest BCUT2D eigenvalue weighted by atomic mass is 28.4. The van der Waals surface area contributed by atoms with Crippen molar-refractivity contribution in [2.24, 2.45) is 17.3 Å². The Balaban J connectivity index is 2.30. The standard InChI is InChI=1S/C23H47N3O5Si/c1-7-29-32(30-8-2,31-9-3)15-11-14-24-22(28)26-18-20-13-10-12-19(16-20)17-25-21(27)23(4,5)6/h19-20H,7-18H2,1-6H3,(H,25,27)(H2,24,26,28). The average molecular weight is 474 g/mol. The Labute approximate surface area is 196 Å². The van der Waals surface area contributed by atoms with Crippen LogP contribution in [-0.2, 0) is 18.1 Å². The number of rotatable bonds is 14. The van der Waals surface area contributed by atoms with E-state index in [0.29, 0.717) is 50.8 Å². The molecule has 0 bridgehead atoms. The second-order valence-electron chi connectivity index (χ2n) is 9.58. The molecule has 0 heterocycles. The van der Waals surface area contributed by atoms with E-state index in [9.17, 15) is 9.59 Å². The van der Waals surface area contributed by atoms with Crippen LogP contribution < -0.4 is 16.0 Å². The van der Waals surface area contributed by atoms with Gasteiger partial charge in [-0.1, -0.05) is 27.2 Å². The van der Waals surface area contributed by atoms with Crippen molar-refractivity contribution in [3.63, 3.8) is 0 Å². The largest absolute Gasteiger partial charge is 0.500 e. The zero-order valence-corrected chi connectivity index (χ0v) is 22.2. The van der Waals surface area contributed by atoms with Crippen LogP contribution in [0.5, 0.6) is 0 Å². The van der Waals surface area contributed by atoms with E-state index >= 15 is 0 Å². The van der Waals surface area contributed by atoms with Crippen molar-refractivity contribution in [3.8, 4) is 0 Å². The first-order valence-corrected chi connectivity index (χ1v) is 14.3. The van der Waals surface area contributed by atoms with Gasteiger partial charge in [-0.25, -0.2) is 4.79 Å². The molecule has 2 atom stereocenters. The monoisotopic (exact) mass is 473 g/mol. The lowest BCUT2D eigenvalue weighted by Crippen LogP contribution is -2.47. The predicted octanol–water partition coefficient (Wildman–Crippen LogP) is 3.69. The van der Waals surface area contributed by atoms with Gasteiger partial charge in [0, 0.05) is 50.9 Å². The Morgan fingerprint density at radius 2 is 1.41 bits per heavy atom. The minimum atomic E-state index is -2.65. The molecule has 9 heteroatoms. The number of amides is 3. The molecule has 0 spiro atoms. The summed E-state index contributed by atoms with van der Waals surface area (Å²) in [6, 6.07) is 0.553. The molecule has 1 rings (SSSR count). The van der Waals surface area contributed by atoms with Crippen molar-refractivity contribution in [2.45, 2.75) is 79.7 Å². The van der Waals surface area contributed by atoms with Crippen molar-refractivity contribution in [2.75, 3.05) is 39.5 Å². The fourth-order valence-electron chi connectivity index (χ4n) is 4.08. The van der Waals surface area contributed by atoms with Gasteiger partial charge in [-0.3, -0.25) is 4.79 Å². The fraction of sp³-hybridized carbons (Fsp3) is 0.913. The summed E-state index contributed by atoms with van der Waals surface area (Å²) in [7, 11) is -2.65. The van der Waals surface area contributed by atoms with E-state index in [1.807, 2.05) is 41.5 Å². The van der Waals surface area contributed by atoms with Gasteiger partial charge in [0.1, 0.15) is 0 Å². The Hall–Kier alpha value is -1.16. The van der Waals surface area contributed by atoms with Crippen molar-refractivity contribution < 1.29 is 22.9 Å². The number of carbonyl (C=O) groups excluding carboxylic acids is 2. The summed E-state index contributed by atoms with van der Waals surface area (Å²) in [6.07, 6.45) is 5.19. The molecule has 0 saturated heterocycles. The van der Waals surface area contributed by atoms with Crippen LogP contribution in [-0.4, -0.2) is 60.2 Å². The highest BCUT2D eigenvalue weighted by molar-refractivity contribution is 6.60. The third kappa shape index (κ3) is 11.1. The Morgan fingerprint density at radius 3 is 1.91 bits per heavy atom. The molecule has 3 N–H and O–H groups in total. The molecule has 1 aliphatic carbocycles. The highest BCUT2D eigenvalue weighted by Gasteiger charge is 2.39. The summed E-state index contributed by atoms with van der Waals surface area (Å²) < 4.78 is 17.5. The minimum Gasteiger partial charge on any atom is -0.374 e. The third-order valence-corrected chi connectivity index (χ3v) is 8.86. The first-order valence-electron chi connectivity index (χ1n) is 12.4. The van der Waals surface area contributed by atoms with Crippen LogP contribution in [0.4, 0.5) is 4.79 Å². The van der Waals surface area contributed by atoms with Crippen molar-refractivity contribution in [3.05, 3.63) is 0 Å². The van der Waals surface area contributed by atoms with Gasteiger partial charge in [0.05, 0.1) is 0 Å². The molecule has 0 aromatic carbocycles. The van der Waals surface area contributed by atoms with E-state index in [4.69, 9.17) is 13.3 Å². The topological polar surface area (TPSA) is 97.9 Å². The third-order valence-electron chi connectivity index (χ3n) is 5.71. The maximum atomic E-state index is 12.2. The predicted molar refractivity (Wildman–Crippen MR) is 129 cm³/mol. The van der Waals surface area contributed by atoms with Crippen LogP contribution in [0.3, 0.4) is 0 Å². The average Bonchev–Trinajstić information content (AvgIpc) is 2.74. The van der Waals surface area contributed by atoms with Gasteiger partial charge in [0.2, 0.25) is 5.91 Å². The maximum absolute atomic E-state index is 12.2. The smallest absolute Gasteiger partial charge is 0.374 e. The van der Waals surface area contributed by atoms with E-state index in [1.54, 1.807) is 0 Å². The zero-order valence-electron chi connectivity index (χ0n) is 21.2. The van der Waals surface area contributed by atoms with E-state index in [2.05, 4.69) is 16.0 Å². The normalized spacial score (nSPS) is 19.4. The molecule has 32 heavy (non-hydrogen) atoms. The lowest BCUT2D eigenvalue weighted by Gasteiger charge is -2.30. The van der Waals surface area contributed by atoms with Crippen molar-refractivity contribution in [1.82, 2.24) is 16.0 Å². The first-order chi connectivity index (χ1) is 15.2. The minimum absolute atomic E-state index is 0.0993. The molecule has 188 valence electrons. The summed E-state index contributed by atoms with van der Waals surface area (Å²) in [5, 5.41) is 9.04. The van der Waals surface area contributed by atoms with Crippen LogP contribution in [0.25, 0.3) is 0 Å². The highest BCUT2D eigenvalue weighted by Crippen LogP contribution is 2.28. The summed E-state index contributed by atoms with van der Waals surface area (Å²) in [5.41, 5.74) is -0.357. The zero-order chi connectivity index (χ0) is 24.0. The van der Waals surface area contributed by atoms with Crippen LogP contribution in [0.1, 0.15) is 73.6 Å². The van der Waals surface area contributed by atoms with Crippen LogP contribution in [0.15, 0.2) is 0 Å². The van der Waals surface area contributed by atoms with Gasteiger partial charge in [0.25, 0.3) is 0 Å². The molecule has 0 aliphatic heterocycles. The molecule has 0 aromatic rings. The van der Waals surface area contributed by atoms with Gasteiger partial charge in [-0.2, -0.15) is 0 Å². The number of hydrogen-bond donors (Lipinski definition) is 3. The molecule has 0 radical (unpaired) electrons. The van der Waals surface area contributed by atoms with E-state index in [1.165, 1.54) is 0 Å². The van der Waals surface area contributed by atoms with E-state index in [-0.39, 0.29) is 17.4 Å². The Bertz CT molecular complexity index is 539. The van der Waals surface area contributed by atoms with Crippen molar-refractivity contribution >= 4 is 20.7 Å². The first kappa shape index (κ1) is 28.9. The second-order valence-corrected chi connectivity index (χ2v) is 12.3. The number of nitrogens with one attached hydrogen (secondary N) is 3. The molecule has 1 aliphatic rings. The summed E-state index contributed by atoms with van der Waals surface area (Å²) in [4.78, 5) is 24.3. The molecule has 1 fully saturated rings. The van der Waals surface area contributed by atoms with Gasteiger partial charge in [-0.15, -0.1) is 0 Å². The fourth-order valence-corrected chi connectivity index (χ4v) is 6.70. The Kier molecular flexibility index (Phi) is 13.4. The molecular weight excluding hydrogens is 426 g/mol. The maximum Gasteiger partial charge on any atom is 0.500 e. The second kappa shape index (κ2) is 14.9.